The van der Waals surface area contributed by atoms with Crippen LogP contribution in [0.25, 0.3) is 0 Å². The molecule has 0 atom stereocenters. The van der Waals surface area contributed by atoms with E-state index in [4.69, 9.17) is 5.73 Å². The number of benzene rings is 1. The zero-order valence-electron chi connectivity index (χ0n) is 11.9. The molecule has 0 unspecified atom stereocenters. The minimum Gasteiger partial charge on any atom is -0.399 e. The Kier molecular flexibility index (Phi) is 3.81. The average molecular weight is 273 g/mol. The van der Waals surface area contributed by atoms with Gasteiger partial charge >= 0.3 is 6.03 Å². The molecule has 1 heterocycles. The van der Waals surface area contributed by atoms with Gasteiger partial charge in [-0.2, -0.15) is 0 Å². The number of carbonyl (C=O) groups is 1. The minimum atomic E-state index is 0.0879. The maximum absolute atomic E-state index is 12.3. The van der Waals surface area contributed by atoms with Crippen LogP contribution < -0.4 is 11.1 Å². The van der Waals surface area contributed by atoms with Crippen molar-refractivity contribution < 1.29 is 4.79 Å². The maximum Gasteiger partial charge on any atom is 0.317 e. The van der Waals surface area contributed by atoms with Crippen molar-refractivity contribution in [1.29, 1.82) is 0 Å². The summed E-state index contributed by atoms with van der Waals surface area (Å²) < 4.78 is 0. The zero-order valence-corrected chi connectivity index (χ0v) is 11.9. The third kappa shape index (κ3) is 2.89. The first-order valence-corrected chi connectivity index (χ1v) is 7.65. The van der Waals surface area contributed by atoms with Crippen LogP contribution in [-0.2, 0) is 13.0 Å². The van der Waals surface area contributed by atoms with E-state index in [1.165, 1.54) is 30.4 Å². The number of nitrogen functional groups attached to an aromatic ring is 1. The van der Waals surface area contributed by atoms with Gasteiger partial charge in [0.1, 0.15) is 0 Å². The second-order valence-corrected chi connectivity index (χ2v) is 5.98. The van der Waals surface area contributed by atoms with Crippen molar-refractivity contribution in [2.75, 3.05) is 12.3 Å². The van der Waals surface area contributed by atoms with Crippen molar-refractivity contribution in [3.05, 3.63) is 29.3 Å². The van der Waals surface area contributed by atoms with Crippen molar-refractivity contribution in [2.24, 2.45) is 0 Å². The Bertz CT molecular complexity index is 494. The smallest absolute Gasteiger partial charge is 0.317 e. The van der Waals surface area contributed by atoms with Gasteiger partial charge < -0.3 is 16.0 Å². The van der Waals surface area contributed by atoms with Crippen molar-refractivity contribution in [2.45, 2.75) is 51.1 Å². The third-order valence-corrected chi connectivity index (χ3v) is 4.46. The highest BCUT2D eigenvalue weighted by molar-refractivity contribution is 5.75. The maximum atomic E-state index is 12.3. The van der Waals surface area contributed by atoms with Gasteiger partial charge in [0.15, 0.2) is 0 Å². The van der Waals surface area contributed by atoms with Gasteiger partial charge in [-0.15, -0.1) is 0 Å². The van der Waals surface area contributed by atoms with E-state index in [0.29, 0.717) is 12.6 Å². The quantitative estimate of drug-likeness (QED) is 0.773. The summed E-state index contributed by atoms with van der Waals surface area (Å²) in [5, 5.41) is 3.19. The lowest BCUT2D eigenvalue weighted by molar-refractivity contribution is 0.184. The number of nitrogens with zero attached hydrogens (tertiary/aromatic N) is 1. The number of hydrogen-bond donors (Lipinski definition) is 2. The van der Waals surface area contributed by atoms with Crippen LogP contribution in [0.2, 0.25) is 0 Å². The van der Waals surface area contributed by atoms with E-state index in [1.807, 2.05) is 17.0 Å². The summed E-state index contributed by atoms with van der Waals surface area (Å²) in [4.78, 5) is 14.3. The molecular formula is C16H23N3O. The molecule has 20 heavy (non-hydrogen) atoms. The molecule has 3 N–H and O–H groups in total. The molecule has 0 spiro atoms. The summed E-state index contributed by atoms with van der Waals surface area (Å²) >= 11 is 0. The molecule has 1 saturated carbocycles. The van der Waals surface area contributed by atoms with Gasteiger partial charge in [-0.1, -0.05) is 25.3 Å². The van der Waals surface area contributed by atoms with Crippen LogP contribution in [0.4, 0.5) is 10.5 Å². The fourth-order valence-electron chi connectivity index (χ4n) is 3.26. The van der Waals surface area contributed by atoms with Gasteiger partial charge in [0, 0.05) is 24.8 Å². The Morgan fingerprint density at radius 1 is 1.20 bits per heavy atom. The topological polar surface area (TPSA) is 58.4 Å². The van der Waals surface area contributed by atoms with Crippen molar-refractivity contribution in [1.82, 2.24) is 10.2 Å². The lowest BCUT2D eigenvalue weighted by atomic mass is 9.95. The van der Waals surface area contributed by atoms with Crippen molar-refractivity contribution >= 4 is 11.7 Å². The molecular weight excluding hydrogens is 250 g/mol. The second kappa shape index (κ2) is 5.73. The standard InChI is InChI=1S/C16H23N3O/c17-14-7-6-12-8-9-19(11-13(12)10-14)16(20)18-15-4-2-1-3-5-15/h6-7,10,15H,1-5,8-9,11,17H2,(H,18,20). The minimum absolute atomic E-state index is 0.0879. The third-order valence-electron chi connectivity index (χ3n) is 4.46. The Morgan fingerprint density at radius 2 is 2.00 bits per heavy atom. The van der Waals surface area contributed by atoms with Crippen LogP contribution in [0.5, 0.6) is 0 Å². The molecule has 108 valence electrons. The van der Waals surface area contributed by atoms with Crippen LogP contribution in [0, 0.1) is 0 Å². The van der Waals surface area contributed by atoms with E-state index >= 15 is 0 Å². The van der Waals surface area contributed by atoms with Gasteiger partial charge in [-0.3, -0.25) is 0 Å². The van der Waals surface area contributed by atoms with Crippen LogP contribution in [0.3, 0.4) is 0 Å². The van der Waals surface area contributed by atoms with E-state index in [1.54, 1.807) is 0 Å². The first kappa shape index (κ1) is 13.3. The van der Waals surface area contributed by atoms with Crippen LogP contribution >= 0.6 is 0 Å². The summed E-state index contributed by atoms with van der Waals surface area (Å²) in [6.07, 6.45) is 6.97. The SMILES string of the molecule is Nc1ccc2c(c1)CN(C(=O)NC1CCCCC1)CC2. The fraction of sp³-hybridized carbons (Fsp3) is 0.562. The summed E-state index contributed by atoms with van der Waals surface area (Å²) in [6, 6.07) is 6.48. The lowest BCUT2D eigenvalue weighted by Gasteiger charge is -2.32. The number of anilines is 1. The number of rotatable bonds is 1. The second-order valence-electron chi connectivity index (χ2n) is 5.98. The number of carbonyl (C=O) groups excluding carboxylic acids is 1. The molecule has 4 nitrogen and oxygen atoms in total. The Labute approximate surface area is 120 Å². The van der Waals surface area contributed by atoms with E-state index in [9.17, 15) is 4.79 Å². The molecule has 0 radical (unpaired) electrons. The molecule has 1 aliphatic carbocycles. The Hall–Kier alpha value is -1.71. The Balaban J connectivity index is 1.62. The number of urea groups is 1. The van der Waals surface area contributed by atoms with Crippen molar-refractivity contribution in [3.8, 4) is 0 Å². The van der Waals surface area contributed by atoms with E-state index < -0.39 is 0 Å². The van der Waals surface area contributed by atoms with Crippen LogP contribution in [0.15, 0.2) is 18.2 Å². The monoisotopic (exact) mass is 273 g/mol. The first-order chi connectivity index (χ1) is 9.72. The molecule has 2 aliphatic rings. The van der Waals surface area contributed by atoms with Gasteiger partial charge in [-0.05, 0) is 42.5 Å². The van der Waals surface area contributed by atoms with Crippen molar-refractivity contribution in [3.63, 3.8) is 0 Å². The molecule has 1 aromatic carbocycles. The highest BCUT2D eigenvalue weighted by Gasteiger charge is 2.23. The molecule has 0 aromatic heterocycles. The molecule has 4 heteroatoms. The number of fused-ring (bicyclic) bond motifs is 1. The van der Waals surface area contributed by atoms with E-state index in [2.05, 4.69) is 11.4 Å². The molecule has 0 saturated heterocycles. The molecule has 2 amide bonds. The summed E-state index contributed by atoms with van der Waals surface area (Å²) in [5.41, 5.74) is 9.12. The molecule has 1 fully saturated rings. The van der Waals surface area contributed by atoms with Gasteiger partial charge in [0.2, 0.25) is 0 Å². The highest BCUT2D eigenvalue weighted by atomic mass is 16.2. The van der Waals surface area contributed by atoms with Crippen LogP contribution in [0.1, 0.15) is 43.2 Å². The normalized spacial score (nSPS) is 19.5. The first-order valence-electron chi connectivity index (χ1n) is 7.65. The molecule has 0 bridgehead atoms. The summed E-state index contributed by atoms with van der Waals surface area (Å²) in [7, 11) is 0. The van der Waals surface area contributed by atoms with Gasteiger partial charge in [0.05, 0.1) is 0 Å². The van der Waals surface area contributed by atoms with Crippen LogP contribution in [-0.4, -0.2) is 23.5 Å². The number of amides is 2. The van der Waals surface area contributed by atoms with Gasteiger partial charge in [0.25, 0.3) is 0 Å². The number of nitrogens with two attached hydrogens (primary N) is 1. The fourth-order valence-corrected chi connectivity index (χ4v) is 3.26. The summed E-state index contributed by atoms with van der Waals surface area (Å²) in [5.74, 6) is 0. The number of nitrogens with one attached hydrogen (secondary N) is 1. The Morgan fingerprint density at radius 3 is 2.80 bits per heavy atom. The zero-order chi connectivity index (χ0) is 13.9. The average Bonchev–Trinajstić information content (AvgIpc) is 2.47. The number of hydrogen-bond acceptors (Lipinski definition) is 2. The van der Waals surface area contributed by atoms with E-state index in [-0.39, 0.29) is 6.03 Å². The summed E-state index contributed by atoms with van der Waals surface area (Å²) in [6.45, 7) is 1.48. The lowest BCUT2D eigenvalue weighted by Crippen LogP contribution is -2.47. The van der Waals surface area contributed by atoms with E-state index in [0.717, 1.165) is 31.5 Å². The predicted molar refractivity (Wildman–Crippen MR) is 80.4 cm³/mol. The largest absolute Gasteiger partial charge is 0.399 e. The highest BCUT2D eigenvalue weighted by Crippen LogP contribution is 2.22. The molecule has 1 aliphatic heterocycles. The van der Waals surface area contributed by atoms with Gasteiger partial charge in [-0.25, -0.2) is 4.79 Å². The molecule has 1 aromatic rings. The predicted octanol–water partition coefficient (Wildman–Crippen LogP) is 2.67. The molecule has 3 rings (SSSR count).